The molecule has 1 heterocycles. The van der Waals surface area contributed by atoms with Gasteiger partial charge in [-0.15, -0.1) is 0 Å². The highest BCUT2D eigenvalue weighted by Crippen LogP contribution is 2.23. The van der Waals surface area contributed by atoms with Gasteiger partial charge in [0.15, 0.2) is 5.82 Å². The van der Waals surface area contributed by atoms with Gasteiger partial charge in [-0.2, -0.15) is 4.98 Å². The number of aromatic nitrogens is 2. The van der Waals surface area contributed by atoms with E-state index in [0.29, 0.717) is 23.3 Å². The molecule has 0 saturated carbocycles. The van der Waals surface area contributed by atoms with Crippen LogP contribution in [-0.2, 0) is 0 Å². The molecule has 0 amide bonds. The molecule has 0 bridgehead atoms. The summed E-state index contributed by atoms with van der Waals surface area (Å²) in [5.74, 6) is 1.21. The average molecular weight is 245 g/mol. The van der Waals surface area contributed by atoms with Gasteiger partial charge < -0.3 is 15.3 Å². The summed E-state index contributed by atoms with van der Waals surface area (Å²) in [7, 11) is 0. The Balaban J connectivity index is 2.94. The van der Waals surface area contributed by atoms with Gasteiger partial charge in [0.2, 0.25) is 5.95 Å². The Hall–Kier alpha value is -1.07. The first-order chi connectivity index (χ1) is 7.72. The zero-order chi connectivity index (χ0) is 12.0. The Morgan fingerprint density at radius 2 is 2.25 bits per heavy atom. The van der Waals surface area contributed by atoms with E-state index in [1.807, 2.05) is 18.7 Å². The molecule has 0 unspecified atom stereocenters. The van der Waals surface area contributed by atoms with E-state index in [1.165, 1.54) is 0 Å². The first-order valence-corrected chi connectivity index (χ1v) is 5.72. The molecule has 1 aromatic rings. The minimum absolute atomic E-state index is 0.0741. The minimum Gasteiger partial charge on any atom is -0.395 e. The van der Waals surface area contributed by atoms with Crippen LogP contribution >= 0.6 is 11.6 Å². The van der Waals surface area contributed by atoms with Crippen molar-refractivity contribution in [3.63, 3.8) is 0 Å². The molecule has 0 aromatic carbocycles. The Kier molecular flexibility index (Phi) is 5.28. The second kappa shape index (κ2) is 6.50. The first kappa shape index (κ1) is 13.0. The number of likely N-dealkylation sites (N-methyl/N-ethyl adjacent to an activating group) is 1. The minimum atomic E-state index is 0.0741. The zero-order valence-electron chi connectivity index (χ0n) is 9.57. The number of rotatable bonds is 6. The fourth-order valence-electron chi connectivity index (χ4n) is 1.36. The fourth-order valence-corrected chi connectivity index (χ4v) is 1.57. The molecule has 16 heavy (non-hydrogen) atoms. The van der Waals surface area contributed by atoms with Gasteiger partial charge in [-0.3, -0.25) is 0 Å². The van der Waals surface area contributed by atoms with E-state index in [9.17, 15) is 0 Å². The van der Waals surface area contributed by atoms with Crippen molar-refractivity contribution in [3.8, 4) is 0 Å². The molecule has 1 rings (SSSR count). The van der Waals surface area contributed by atoms with Crippen LogP contribution in [-0.4, -0.2) is 41.3 Å². The number of anilines is 2. The highest BCUT2D eigenvalue weighted by atomic mass is 35.5. The number of nitrogens with one attached hydrogen (secondary N) is 1. The lowest BCUT2D eigenvalue weighted by Crippen LogP contribution is -2.27. The van der Waals surface area contributed by atoms with Crippen molar-refractivity contribution in [1.82, 2.24) is 9.97 Å². The molecular formula is C10H17ClN4O. The van der Waals surface area contributed by atoms with Crippen molar-refractivity contribution in [2.45, 2.75) is 13.8 Å². The maximum absolute atomic E-state index is 8.95. The molecule has 6 heteroatoms. The van der Waals surface area contributed by atoms with E-state index in [4.69, 9.17) is 16.7 Å². The van der Waals surface area contributed by atoms with Gasteiger partial charge in [0, 0.05) is 19.6 Å². The van der Waals surface area contributed by atoms with Crippen LogP contribution < -0.4 is 10.2 Å². The standard InChI is InChI=1S/C10H17ClN4O/c1-3-12-10-13-7-8(11)9(14-10)15(4-2)5-6-16/h7,16H,3-6H2,1-2H3,(H,12,13,14). The summed E-state index contributed by atoms with van der Waals surface area (Å²) in [6.45, 7) is 6.05. The van der Waals surface area contributed by atoms with Crippen LogP contribution in [0, 0.1) is 0 Å². The lowest BCUT2D eigenvalue weighted by Gasteiger charge is -2.22. The van der Waals surface area contributed by atoms with Crippen molar-refractivity contribution in [2.75, 3.05) is 36.5 Å². The van der Waals surface area contributed by atoms with Crippen LogP contribution in [0.4, 0.5) is 11.8 Å². The molecule has 0 spiro atoms. The van der Waals surface area contributed by atoms with Gasteiger partial charge in [0.1, 0.15) is 5.02 Å². The second-order valence-corrected chi connectivity index (χ2v) is 3.61. The molecule has 0 radical (unpaired) electrons. The van der Waals surface area contributed by atoms with E-state index in [0.717, 1.165) is 13.1 Å². The van der Waals surface area contributed by atoms with E-state index in [2.05, 4.69) is 15.3 Å². The van der Waals surface area contributed by atoms with Gasteiger partial charge in [0.05, 0.1) is 12.8 Å². The summed E-state index contributed by atoms with van der Waals surface area (Å²) in [4.78, 5) is 10.3. The van der Waals surface area contributed by atoms with E-state index in [-0.39, 0.29) is 6.61 Å². The van der Waals surface area contributed by atoms with E-state index in [1.54, 1.807) is 6.20 Å². The topological polar surface area (TPSA) is 61.3 Å². The highest BCUT2D eigenvalue weighted by molar-refractivity contribution is 6.32. The predicted molar refractivity (Wildman–Crippen MR) is 66.2 cm³/mol. The van der Waals surface area contributed by atoms with E-state index >= 15 is 0 Å². The third-order valence-corrected chi connectivity index (χ3v) is 2.38. The number of hydrogen-bond donors (Lipinski definition) is 2. The maximum Gasteiger partial charge on any atom is 0.224 e. The number of hydrogen-bond acceptors (Lipinski definition) is 5. The molecule has 5 nitrogen and oxygen atoms in total. The monoisotopic (exact) mass is 244 g/mol. The molecule has 1 aromatic heterocycles. The first-order valence-electron chi connectivity index (χ1n) is 5.35. The van der Waals surface area contributed by atoms with Crippen molar-refractivity contribution in [1.29, 1.82) is 0 Å². The van der Waals surface area contributed by atoms with Crippen molar-refractivity contribution in [2.24, 2.45) is 0 Å². The van der Waals surface area contributed by atoms with Gasteiger partial charge in [-0.1, -0.05) is 11.6 Å². The summed E-state index contributed by atoms with van der Waals surface area (Å²) < 4.78 is 0. The molecular weight excluding hydrogens is 228 g/mol. The normalized spacial score (nSPS) is 10.2. The number of aliphatic hydroxyl groups is 1. The van der Waals surface area contributed by atoms with Crippen molar-refractivity contribution >= 4 is 23.4 Å². The average Bonchev–Trinajstić information content (AvgIpc) is 2.29. The van der Waals surface area contributed by atoms with Crippen molar-refractivity contribution < 1.29 is 5.11 Å². The summed E-state index contributed by atoms with van der Waals surface area (Å²) in [5, 5.41) is 12.5. The number of nitrogens with zero attached hydrogens (tertiary/aromatic N) is 3. The summed E-state index contributed by atoms with van der Waals surface area (Å²) in [6, 6.07) is 0. The third-order valence-electron chi connectivity index (χ3n) is 2.11. The fraction of sp³-hybridized carbons (Fsp3) is 0.600. The molecule has 0 aliphatic rings. The summed E-state index contributed by atoms with van der Waals surface area (Å²) in [6.07, 6.45) is 1.57. The lowest BCUT2D eigenvalue weighted by molar-refractivity contribution is 0.302. The SMILES string of the molecule is CCNc1ncc(Cl)c(N(CC)CCO)n1. The Labute approximate surface area is 100 Å². The van der Waals surface area contributed by atoms with Crippen LogP contribution in [0.5, 0.6) is 0 Å². The summed E-state index contributed by atoms with van der Waals surface area (Å²) >= 11 is 6.03. The van der Waals surface area contributed by atoms with Crippen LogP contribution in [0.15, 0.2) is 6.20 Å². The number of aliphatic hydroxyl groups excluding tert-OH is 1. The van der Waals surface area contributed by atoms with Gasteiger partial charge in [0.25, 0.3) is 0 Å². The van der Waals surface area contributed by atoms with Gasteiger partial charge in [-0.05, 0) is 13.8 Å². The van der Waals surface area contributed by atoms with Crippen molar-refractivity contribution in [3.05, 3.63) is 11.2 Å². The van der Waals surface area contributed by atoms with Crippen LogP contribution in [0.1, 0.15) is 13.8 Å². The molecule has 0 saturated heterocycles. The molecule has 90 valence electrons. The molecule has 0 aliphatic heterocycles. The predicted octanol–water partition coefficient (Wildman–Crippen LogP) is 1.38. The molecule has 0 fully saturated rings. The highest BCUT2D eigenvalue weighted by Gasteiger charge is 2.11. The van der Waals surface area contributed by atoms with Gasteiger partial charge >= 0.3 is 0 Å². The quantitative estimate of drug-likeness (QED) is 0.792. The van der Waals surface area contributed by atoms with Crippen LogP contribution in [0.3, 0.4) is 0 Å². The summed E-state index contributed by atoms with van der Waals surface area (Å²) in [5.41, 5.74) is 0. The van der Waals surface area contributed by atoms with Crippen LogP contribution in [0.2, 0.25) is 5.02 Å². The second-order valence-electron chi connectivity index (χ2n) is 3.20. The molecule has 0 atom stereocenters. The lowest BCUT2D eigenvalue weighted by atomic mass is 10.4. The smallest absolute Gasteiger partial charge is 0.224 e. The van der Waals surface area contributed by atoms with Crippen LogP contribution in [0.25, 0.3) is 0 Å². The third kappa shape index (κ3) is 3.21. The Morgan fingerprint density at radius 3 is 2.81 bits per heavy atom. The molecule has 2 N–H and O–H groups in total. The largest absolute Gasteiger partial charge is 0.395 e. The maximum atomic E-state index is 8.95. The van der Waals surface area contributed by atoms with E-state index < -0.39 is 0 Å². The Morgan fingerprint density at radius 1 is 1.50 bits per heavy atom. The zero-order valence-corrected chi connectivity index (χ0v) is 10.3. The number of halogens is 1. The Bertz CT molecular complexity index is 335. The van der Waals surface area contributed by atoms with Gasteiger partial charge in [-0.25, -0.2) is 4.98 Å². The molecule has 0 aliphatic carbocycles.